The maximum absolute atomic E-state index is 14.4. The van der Waals surface area contributed by atoms with Crippen LogP contribution in [0.25, 0.3) is 0 Å². The molecule has 5 heteroatoms. The predicted octanol–water partition coefficient (Wildman–Crippen LogP) is 6.29. The largest absolute Gasteiger partial charge is 0.274 e. The maximum atomic E-state index is 14.4. The Morgan fingerprint density at radius 1 is 0.778 bits per heavy atom. The van der Waals surface area contributed by atoms with Crippen molar-refractivity contribution in [2.45, 2.75) is 11.3 Å². The van der Waals surface area contributed by atoms with Crippen LogP contribution in [0.3, 0.4) is 0 Å². The first-order valence-electron chi connectivity index (χ1n) is 12.0. The van der Waals surface area contributed by atoms with Gasteiger partial charge >= 0.3 is 0 Å². The summed E-state index contributed by atoms with van der Waals surface area (Å²) in [4.78, 5) is 34.8. The van der Waals surface area contributed by atoms with Crippen molar-refractivity contribution in [3.63, 3.8) is 0 Å². The average molecular weight is 489 g/mol. The highest BCUT2D eigenvalue weighted by Crippen LogP contribution is 2.60. The number of aliphatic imine (C=N–C) groups is 1. The number of carbonyl (C=O) groups excluding carboxylic acids is 2. The van der Waals surface area contributed by atoms with Gasteiger partial charge in [-0.05, 0) is 46.5 Å². The number of amides is 2. The van der Waals surface area contributed by atoms with E-state index in [4.69, 9.17) is 16.6 Å². The maximum Gasteiger partial charge on any atom is 0.239 e. The second-order valence-electron chi connectivity index (χ2n) is 9.62. The number of rotatable bonds is 3. The summed E-state index contributed by atoms with van der Waals surface area (Å²) in [5.74, 6) is -1.89. The van der Waals surface area contributed by atoms with Crippen molar-refractivity contribution in [1.82, 2.24) is 0 Å². The Morgan fingerprint density at radius 3 is 2.25 bits per heavy atom. The van der Waals surface area contributed by atoms with Gasteiger partial charge in [0.15, 0.2) is 0 Å². The van der Waals surface area contributed by atoms with Crippen molar-refractivity contribution in [3.05, 3.63) is 130 Å². The second-order valence-corrected chi connectivity index (χ2v) is 10.0. The molecule has 1 saturated heterocycles. The third kappa shape index (κ3) is 2.73. The topological polar surface area (TPSA) is 49.7 Å². The lowest BCUT2D eigenvalue weighted by Crippen LogP contribution is -2.51. The van der Waals surface area contributed by atoms with E-state index in [9.17, 15) is 9.59 Å². The molecule has 6 aliphatic rings. The molecule has 36 heavy (non-hydrogen) atoms. The molecule has 0 saturated carbocycles. The average Bonchev–Trinajstić information content (AvgIpc) is 3.16. The quantitative estimate of drug-likeness (QED) is 0.251. The third-order valence-electron chi connectivity index (χ3n) is 7.96. The first kappa shape index (κ1) is 21.3. The number of anilines is 1. The molecule has 2 amide bonds. The van der Waals surface area contributed by atoms with Gasteiger partial charge in [0.2, 0.25) is 11.8 Å². The summed E-state index contributed by atoms with van der Waals surface area (Å²) < 4.78 is 0. The third-order valence-corrected chi connectivity index (χ3v) is 8.28. The number of benzene rings is 4. The lowest BCUT2D eigenvalue weighted by atomic mass is 9.52. The monoisotopic (exact) mass is 488 g/mol. The van der Waals surface area contributed by atoms with Crippen LogP contribution in [0.1, 0.15) is 28.2 Å². The summed E-state index contributed by atoms with van der Waals surface area (Å²) in [6.07, 6.45) is 1.90. The summed E-state index contributed by atoms with van der Waals surface area (Å²) in [6.45, 7) is 0. The summed E-state index contributed by atoms with van der Waals surface area (Å²) in [7, 11) is 0. The van der Waals surface area contributed by atoms with Gasteiger partial charge in [0, 0.05) is 12.1 Å². The molecule has 174 valence electrons. The van der Waals surface area contributed by atoms with Crippen LogP contribution in [0.4, 0.5) is 11.4 Å². The van der Waals surface area contributed by atoms with Crippen LogP contribution in [0.15, 0.2) is 108 Å². The molecule has 4 nitrogen and oxygen atoms in total. The van der Waals surface area contributed by atoms with E-state index in [1.54, 1.807) is 24.3 Å². The number of imide groups is 1. The Hall–Kier alpha value is -4.02. The van der Waals surface area contributed by atoms with Gasteiger partial charge in [-0.3, -0.25) is 14.6 Å². The molecule has 0 aromatic heterocycles. The summed E-state index contributed by atoms with van der Waals surface area (Å²) in [5, 5.41) is 0.380. The van der Waals surface area contributed by atoms with Crippen LogP contribution in [0.5, 0.6) is 0 Å². The van der Waals surface area contributed by atoms with E-state index in [0.29, 0.717) is 10.7 Å². The Balaban J connectivity index is 1.53. The van der Waals surface area contributed by atoms with Crippen molar-refractivity contribution < 1.29 is 9.59 Å². The lowest BCUT2D eigenvalue weighted by molar-refractivity contribution is -0.122. The molecular formula is C31H21ClN2O2. The van der Waals surface area contributed by atoms with E-state index in [1.165, 1.54) is 4.90 Å². The van der Waals surface area contributed by atoms with Crippen LogP contribution < -0.4 is 4.90 Å². The highest BCUT2D eigenvalue weighted by Gasteiger charge is 2.65. The van der Waals surface area contributed by atoms with Gasteiger partial charge in [0.25, 0.3) is 0 Å². The van der Waals surface area contributed by atoms with Crippen LogP contribution in [0, 0.1) is 11.8 Å². The first-order chi connectivity index (χ1) is 17.6. The standard InChI is InChI=1S/C31H21ClN2O2/c32-24-12-6-7-13-25(24)34-29(35)27-26-19-14-16-20(17-15-19)31(28(27)30(34)36,23-11-5-4-10-22(23)26)18-33-21-8-2-1-3-9-21/h1-18,26-28H/t26-,27-,28+,31-/m0/s1. The van der Waals surface area contributed by atoms with Crippen molar-refractivity contribution in [2.24, 2.45) is 16.8 Å². The fraction of sp³-hybridized carbons (Fsp3) is 0.129. The molecule has 4 aromatic carbocycles. The number of carbonyl (C=O) groups is 2. The molecule has 0 N–H and O–H groups in total. The van der Waals surface area contributed by atoms with Crippen LogP contribution in [-0.2, 0) is 15.0 Å². The zero-order valence-electron chi connectivity index (χ0n) is 19.2. The second kappa shape index (κ2) is 7.74. The van der Waals surface area contributed by atoms with Crippen molar-refractivity contribution >= 4 is 41.0 Å². The molecule has 10 rings (SSSR count). The smallest absolute Gasteiger partial charge is 0.239 e. The molecule has 0 spiro atoms. The van der Waals surface area contributed by atoms with E-state index >= 15 is 0 Å². The Morgan fingerprint density at radius 2 is 1.47 bits per heavy atom. The van der Waals surface area contributed by atoms with E-state index in [2.05, 4.69) is 36.4 Å². The summed E-state index contributed by atoms with van der Waals surface area (Å²) in [6, 6.07) is 33.3. The highest BCUT2D eigenvalue weighted by molar-refractivity contribution is 6.36. The fourth-order valence-electron chi connectivity index (χ4n) is 6.49. The molecular weight excluding hydrogens is 468 g/mol. The van der Waals surface area contributed by atoms with Gasteiger partial charge in [-0.2, -0.15) is 0 Å². The van der Waals surface area contributed by atoms with Gasteiger partial charge in [-0.1, -0.05) is 90.5 Å². The number of hydrogen-bond acceptors (Lipinski definition) is 3. The minimum atomic E-state index is -0.907. The Kier molecular flexibility index (Phi) is 4.57. The van der Waals surface area contributed by atoms with Crippen molar-refractivity contribution in [2.75, 3.05) is 4.90 Å². The normalized spacial score (nSPS) is 25.7. The zero-order chi connectivity index (χ0) is 24.4. The molecule has 5 aliphatic carbocycles. The van der Waals surface area contributed by atoms with Gasteiger partial charge in [0.05, 0.1) is 33.6 Å². The van der Waals surface area contributed by atoms with Gasteiger partial charge in [-0.15, -0.1) is 0 Å². The highest BCUT2D eigenvalue weighted by atomic mass is 35.5. The number of halogens is 1. The van der Waals surface area contributed by atoms with Gasteiger partial charge < -0.3 is 0 Å². The van der Waals surface area contributed by atoms with Crippen molar-refractivity contribution in [3.8, 4) is 0 Å². The molecule has 1 aliphatic heterocycles. The van der Waals surface area contributed by atoms with E-state index in [1.807, 2.05) is 48.7 Å². The molecule has 1 fully saturated rings. The van der Waals surface area contributed by atoms with Crippen molar-refractivity contribution in [1.29, 1.82) is 0 Å². The van der Waals surface area contributed by atoms with Crippen LogP contribution in [0.2, 0.25) is 5.02 Å². The number of hydrogen-bond donors (Lipinski definition) is 0. The summed E-state index contributed by atoms with van der Waals surface area (Å²) in [5.41, 5.74) is 4.41. The van der Waals surface area contributed by atoms with Gasteiger partial charge in [0.1, 0.15) is 0 Å². The molecule has 0 unspecified atom stereocenters. The van der Waals surface area contributed by atoms with E-state index in [0.717, 1.165) is 27.9 Å². The zero-order valence-corrected chi connectivity index (χ0v) is 20.0. The molecule has 4 aromatic rings. The molecule has 0 radical (unpaired) electrons. The Bertz CT molecular complexity index is 1560. The minimum Gasteiger partial charge on any atom is -0.274 e. The molecule has 1 heterocycles. The summed E-state index contributed by atoms with van der Waals surface area (Å²) >= 11 is 6.51. The number of nitrogens with zero attached hydrogens (tertiary/aromatic N) is 2. The molecule has 4 atom stereocenters. The molecule has 4 bridgehead atoms. The van der Waals surface area contributed by atoms with E-state index in [-0.39, 0.29) is 17.7 Å². The van der Waals surface area contributed by atoms with Crippen LogP contribution >= 0.6 is 11.6 Å². The first-order valence-corrected chi connectivity index (χ1v) is 12.4. The van der Waals surface area contributed by atoms with Crippen LogP contribution in [-0.4, -0.2) is 18.0 Å². The van der Waals surface area contributed by atoms with Gasteiger partial charge in [-0.25, -0.2) is 4.90 Å². The minimum absolute atomic E-state index is 0.211. The Labute approximate surface area is 213 Å². The predicted molar refractivity (Wildman–Crippen MR) is 141 cm³/mol. The lowest BCUT2D eigenvalue weighted by Gasteiger charge is -2.48. The van der Waals surface area contributed by atoms with E-state index < -0.39 is 17.3 Å². The SMILES string of the molecule is O=C1[C@H]2[C@H]3c4ccc(cc4)[C@@](C=Nc4ccccc4)(c4ccccc43)[C@H]2C(=O)N1c1ccccc1Cl. The fourth-order valence-corrected chi connectivity index (χ4v) is 6.71. The number of para-hydroxylation sites is 2.